The lowest BCUT2D eigenvalue weighted by atomic mass is 10.1. The summed E-state index contributed by atoms with van der Waals surface area (Å²) in [5, 5.41) is 0. The van der Waals surface area contributed by atoms with Crippen LogP contribution < -0.4 is 5.73 Å². The monoisotopic (exact) mass is 190 g/mol. The van der Waals surface area contributed by atoms with E-state index in [1.54, 1.807) is 0 Å². The summed E-state index contributed by atoms with van der Waals surface area (Å²) in [4.78, 5) is 4.40. The Balaban J connectivity index is 2.51. The molecule has 3 nitrogen and oxygen atoms in total. The zero-order valence-corrected chi connectivity index (χ0v) is 8.45. The minimum Gasteiger partial charge on any atom is -0.440 e. The molecule has 0 aliphatic rings. The van der Waals surface area contributed by atoms with Gasteiger partial charge in [0.05, 0.1) is 0 Å². The van der Waals surface area contributed by atoms with Crippen molar-refractivity contribution in [1.29, 1.82) is 0 Å². The van der Waals surface area contributed by atoms with Crippen molar-refractivity contribution < 1.29 is 4.42 Å². The van der Waals surface area contributed by atoms with Gasteiger partial charge >= 0.3 is 0 Å². The number of nitrogens with two attached hydrogens (primary N) is 1. The van der Waals surface area contributed by atoms with Crippen LogP contribution in [0.1, 0.15) is 32.1 Å². The molecule has 0 fully saturated rings. The number of nitrogens with zero attached hydrogens (tertiary/aromatic N) is 1. The number of oxazole rings is 1. The molecule has 2 rings (SSSR count). The first-order valence-electron chi connectivity index (χ1n) is 4.86. The fourth-order valence-electron chi connectivity index (χ4n) is 1.34. The Morgan fingerprint density at radius 1 is 1.50 bits per heavy atom. The highest BCUT2D eigenvalue weighted by molar-refractivity contribution is 5.76. The highest BCUT2D eigenvalue weighted by atomic mass is 16.3. The molecular formula is C11H14N2O. The van der Waals surface area contributed by atoms with Gasteiger partial charge in [0, 0.05) is 17.7 Å². The third-order valence-corrected chi connectivity index (χ3v) is 2.46. The average molecular weight is 190 g/mol. The molecule has 74 valence electrons. The number of rotatable bonds is 2. The van der Waals surface area contributed by atoms with Crippen LogP contribution in [0.25, 0.3) is 11.1 Å². The molecule has 14 heavy (non-hydrogen) atoms. The molecule has 0 saturated carbocycles. The number of hydrogen-bond donors (Lipinski definition) is 1. The summed E-state index contributed by atoms with van der Waals surface area (Å²) in [6, 6.07) is 5.54. The molecule has 0 aliphatic heterocycles. The SMILES string of the molecule is CCC(C)c1nc2ccc(N)cc2o1. The molecule has 3 heteroatoms. The fourth-order valence-corrected chi connectivity index (χ4v) is 1.34. The van der Waals surface area contributed by atoms with Crippen LogP contribution in [0.2, 0.25) is 0 Å². The van der Waals surface area contributed by atoms with Crippen molar-refractivity contribution in [3.8, 4) is 0 Å². The van der Waals surface area contributed by atoms with Gasteiger partial charge in [0.15, 0.2) is 11.5 Å². The van der Waals surface area contributed by atoms with Crippen LogP contribution in [0.15, 0.2) is 22.6 Å². The standard InChI is InChI=1S/C11H14N2O/c1-3-7(2)11-13-9-5-4-8(12)6-10(9)14-11/h4-7H,3,12H2,1-2H3. The zero-order chi connectivity index (χ0) is 10.1. The maximum Gasteiger partial charge on any atom is 0.198 e. The molecule has 2 aromatic rings. The molecule has 1 heterocycles. The smallest absolute Gasteiger partial charge is 0.198 e. The van der Waals surface area contributed by atoms with E-state index in [1.165, 1.54) is 0 Å². The summed E-state index contributed by atoms with van der Waals surface area (Å²) in [5.41, 5.74) is 8.03. The highest BCUT2D eigenvalue weighted by Crippen LogP contribution is 2.24. The summed E-state index contributed by atoms with van der Waals surface area (Å²) in [7, 11) is 0. The van der Waals surface area contributed by atoms with Gasteiger partial charge in [-0.3, -0.25) is 0 Å². The van der Waals surface area contributed by atoms with Gasteiger partial charge in [-0.15, -0.1) is 0 Å². The molecular weight excluding hydrogens is 176 g/mol. The Morgan fingerprint density at radius 2 is 2.29 bits per heavy atom. The predicted molar refractivity (Wildman–Crippen MR) is 57.1 cm³/mol. The summed E-state index contributed by atoms with van der Waals surface area (Å²) in [5.74, 6) is 1.16. The molecule has 1 unspecified atom stereocenters. The second-order valence-electron chi connectivity index (χ2n) is 3.59. The molecule has 0 saturated heterocycles. The van der Waals surface area contributed by atoms with Gasteiger partial charge in [-0.25, -0.2) is 4.98 Å². The van der Waals surface area contributed by atoms with Crippen molar-refractivity contribution in [2.45, 2.75) is 26.2 Å². The van der Waals surface area contributed by atoms with Crippen molar-refractivity contribution in [1.82, 2.24) is 4.98 Å². The van der Waals surface area contributed by atoms with Crippen LogP contribution in [-0.2, 0) is 0 Å². The Bertz CT molecular complexity index is 447. The van der Waals surface area contributed by atoms with Crippen LogP contribution in [0.5, 0.6) is 0 Å². The normalized spacial score (nSPS) is 13.3. The number of aromatic nitrogens is 1. The zero-order valence-electron chi connectivity index (χ0n) is 8.45. The fraction of sp³-hybridized carbons (Fsp3) is 0.364. The van der Waals surface area contributed by atoms with Gasteiger partial charge < -0.3 is 10.2 Å². The van der Waals surface area contributed by atoms with Crippen molar-refractivity contribution >= 4 is 16.8 Å². The van der Waals surface area contributed by atoms with Crippen LogP contribution in [-0.4, -0.2) is 4.98 Å². The lowest BCUT2D eigenvalue weighted by Crippen LogP contribution is -1.89. The summed E-state index contributed by atoms with van der Waals surface area (Å²) in [6.45, 7) is 4.22. The van der Waals surface area contributed by atoms with E-state index >= 15 is 0 Å². The van der Waals surface area contributed by atoms with Gasteiger partial charge in [-0.1, -0.05) is 13.8 Å². The average Bonchev–Trinajstić information content (AvgIpc) is 2.59. The largest absolute Gasteiger partial charge is 0.440 e. The molecule has 1 aromatic heterocycles. The second-order valence-corrected chi connectivity index (χ2v) is 3.59. The van der Waals surface area contributed by atoms with Gasteiger partial charge in [0.1, 0.15) is 5.52 Å². The number of nitrogen functional groups attached to an aromatic ring is 1. The van der Waals surface area contributed by atoms with E-state index < -0.39 is 0 Å². The molecule has 2 N–H and O–H groups in total. The van der Waals surface area contributed by atoms with Gasteiger partial charge in [0.25, 0.3) is 0 Å². The van der Waals surface area contributed by atoms with Crippen LogP contribution in [0.3, 0.4) is 0 Å². The first-order valence-corrected chi connectivity index (χ1v) is 4.86. The van der Waals surface area contributed by atoms with Crippen LogP contribution in [0.4, 0.5) is 5.69 Å². The van der Waals surface area contributed by atoms with Crippen LogP contribution in [0, 0.1) is 0 Å². The molecule has 1 aromatic carbocycles. The highest BCUT2D eigenvalue weighted by Gasteiger charge is 2.11. The number of anilines is 1. The first kappa shape index (κ1) is 9.06. The maximum absolute atomic E-state index is 5.65. The second kappa shape index (κ2) is 3.33. The van der Waals surface area contributed by atoms with E-state index in [9.17, 15) is 0 Å². The van der Waals surface area contributed by atoms with Gasteiger partial charge in [-0.05, 0) is 18.6 Å². The molecule has 0 bridgehead atoms. The maximum atomic E-state index is 5.65. The van der Waals surface area contributed by atoms with E-state index in [4.69, 9.17) is 10.2 Å². The van der Waals surface area contributed by atoms with E-state index in [-0.39, 0.29) is 0 Å². The lowest BCUT2D eigenvalue weighted by Gasteiger charge is -1.99. The van der Waals surface area contributed by atoms with Crippen molar-refractivity contribution in [2.24, 2.45) is 0 Å². The van der Waals surface area contributed by atoms with E-state index in [0.717, 1.165) is 23.4 Å². The Hall–Kier alpha value is -1.51. The third-order valence-electron chi connectivity index (χ3n) is 2.46. The number of fused-ring (bicyclic) bond motifs is 1. The molecule has 0 amide bonds. The topological polar surface area (TPSA) is 52.0 Å². The summed E-state index contributed by atoms with van der Waals surface area (Å²) in [6.07, 6.45) is 1.03. The minimum absolute atomic E-state index is 0.364. The summed E-state index contributed by atoms with van der Waals surface area (Å²) >= 11 is 0. The molecule has 0 aliphatic carbocycles. The van der Waals surface area contributed by atoms with Gasteiger partial charge in [-0.2, -0.15) is 0 Å². The van der Waals surface area contributed by atoms with E-state index in [1.807, 2.05) is 18.2 Å². The molecule has 0 radical (unpaired) electrons. The Kier molecular flexibility index (Phi) is 2.15. The summed E-state index contributed by atoms with van der Waals surface area (Å²) < 4.78 is 5.61. The number of hydrogen-bond acceptors (Lipinski definition) is 3. The minimum atomic E-state index is 0.364. The van der Waals surface area contributed by atoms with E-state index in [2.05, 4.69) is 18.8 Å². The first-order chi connectivity index (χ1) is 6.70. The van der Waals surface area contributed by atoms with Crippen molar-refractivity contribution in [3.63, 3.8) is 0 Å². The van der Waals surface area contributed by atoms with Crippen molar-refractivity contribution in [2.75, 3.05) is 5.73 Å². The molecule has 1 atom stereocenters. The van der Waals surface area contributed by atoms with E-state index in [0.29, 0.717) is 11.6 Å². The Labute approximate surface area is 82.9 Å². The quantitative estimate of drug-likeness (QED) is 0.741. The number of benzene rings is 1. The van der Waals surface area contributed by atoms with Crippen LogP contribution >= 0.6 is 0 Å². The predicted octanol–water partition coefficient (Wildman–Crippen LogP) is 2.92. The molecule has 0 spiro atoms. The third kappa shape index (κ3) is 1.45. The van der Waals surface area contributed by atoms with Gasteiger partial charge in [0.2, 0.25) is 0 Å². The Morgan fingerprint density at radius 3 is 3.00 bits per heavy atom. The van der Waals surface area contributed by atoms with Crippen molar-refractivity contribution in [3.05, 3.63) is 24.1 Å². The lowest BCUT2D eigenvalue weighted by molar-refractivity contribution is 0.479.